The van der Waals surface area contributed by atoms with Crippen LogP contribution in [0.15, 0.2) is 45.6 Å². The molecule has 2 aromatic heterocycles. The number of carboxylic acid groups (broad SMARTS) is 1. The summed E-state index contributed by atoms with van der Waals surface area (Å²) in [7, 11) is 1.29. The molecule has 0 radical (unpaired) electrons. The van der Waals surface area contributed by atoms with Gasteiger partial charge in [0.15, 0.2) is 0 Å². The maximum atomic E-state index is 10.5. The number of hydrogen-bond acceptors (Lipinski definition) is 5. The van der Waals surface area contributed by atoms with Crippen LogP contribution < -0.4 is 10.6 Å². The number of amides is 2. The Bertz CT molecular complexity index is 491. The molecule has 0 saturated carbocycles. The fraction of sp³-hybridized carbons (Fsp3) is 0.0909. The molecule has 3 N–H and O–H groups in total. The average Bonchev–Trinajstić information content (AvgIpc) is 3.02. The van der Waals surface area contributed by atoms with Crippen molar-refractivity contribution in [2.75, 3.05) is 17.7 Å². The van der Waals surface area contributed by atoms with Gasteiger partial charge in [-0.2, -0.15) is 0 Å². The summed E-state index contributed by atoms with van der Waals surface area (Å²) in [5.41, 5.74) is 0. The summed E-state index contributed by atoms with van der Waals surface area (Å²) in [5, 5.41) is 12.5. The number of hydrogen-bond donors (Lipinski definition) is 3. The van der Waals surface area contributed by atoms with Crippen molar-refractivity contribution in [2.45, 2.75) is 0 Å². The minimum absolute atomic E-state index is 0.238. The topological polar surface area (TPSA) is 114 Å². The maximum Gasteiger partial charge on any atom is 0.413 e. The van der Waals surface area contributed by atoms with Crippen LogP contribution in [-0.2, 0) is 4.74 Å². The number of ether oxygens (including phenoxy) is 1. The third kappa shape index (κ3) is 5.82. The minimum atomic E-state index is -1.12. The number of furan rings is 2. The quantitative estimate of drug-likeness (QED) is 0.771. The summed E-state index contributed by atoms with van der Waals surface area (Å²) in [6, 6.07) is 6.42. The number of methoxy groups -OCH3 is 1. The SMILES string of the molecule is COC(=O)Nc1ccco1.O=C(O)Nc1ccco1. The molecule has 8 heteroatoms. The minimum Gasteiger partial charge on any atom is -0.465 e. The monoisotopic (exact) mass is 268 g/mol. The molecule has 0 fully saturated rings. The lowest BCUT2D eigenvalue weighted by Crippen LogP contribution is -2.09. The van der Waals surface area contributed by atoms with Gasteiger partial charge in [-0.1, -0.05) is 0 Å². The van der Waals surface area contributed by atoms with E-state index in [1.165, 1.54) is 25.7 Å². The number of nitrogens with one attached hydrogen (secondary N) is 2. The molecule has 0 atom stereocenters. The Kier molecular flexibility index (Phi) is 5.54. The van der Waals surface area contributed by atoms with Gasteiger partial charge in [-0.25, -0.2) is 9.59 Å². The van der Waals surface area contributed by atoms with Crippen LogP contribution in [-0.4, -0.2) is 24.4 Å². The number of carbonyl (C=O) groups is 2. The van der Waals surface area contributed by atoms with Crippen LogP contribution in [0, 0.1) is 0 Å². The van der Waals surface area contributed by atoms with Crippen LogP contribution >= 0.6 is 0 Å². The van der Waals surface area contributed by atoms with Gasteiger partial charge in [-0.3, -0.25) is 10.6 Å². The van der Waals surface area contributed by atoms with E-state index in [1.54, 1.807) is 18.2 Å². The summed E-state index contributed by atoms with van der Waals surface area (Å²) >= 11 is 0. The van der Waals surface area contributed by atoms with Gasteiger partial charge in [0, 0.05) is 12.1 Å². The molecule has 0 aromatic carbocycles. The number of anilines is 2. The van der Waals surface area contributed by atoms with Crippen LogP contribution in [0.25, 0.3) is 0 Å². The summed E-state index contributed by atoms with van der Waals surface area (Å²) in [6.07, 6.45) is 1.20. The van der Waals surface area contributed by atoms with Crippen LogP contribution in [0.4, 0.5) is 21.4 Å². The molecule has 2 aromatic rings. The van der Waals surface area contributed by atoms with Gasteiger partial charge in [0.1, 0.15) is 0 Å². The summed E-state index contributed by atoms with van der Waals surface area (Å²) in [4.78, 5) is 20.4. The van der Waals surface area contributed by atoms with Crippen molar-refractivity contribution in [2.24, 2.45) is 0 Å². The molecule has 0 unspecified atom stereocenters. The second-order valence-electron chi connectivity index (χ2n) is 3.00. The Hall–Kier alpha value is -2.90. The highest BCUT2D eigenvalue weighted by Gasteiger charge is 2.00. The summed E-state index contributed by atoms with van der Waals surface area (Å²) in [5.74, 6) is 0.620. The molecule has 8 nitrogen and oxygen atoms in total. The van der Waals surface area contributed by atoms with Crippen molar-refractivity contribution in [3.8, 4) is 0 Å². The fourth-order valence-electron chi connectivity index (χ4n) is 0.956. The zero-order chi connectivity index (χ0) is 14.1. The van der Waals surface area contributed by atoms with Crippen molar-refractivity contribution in [3.05, 3.63) is 36.8 Å². The highest BCUT2D eigenvalue weighted by Crippen LogP contribution is 2.06. The standard InChI is InChI=1S/C6H7NO3.C5H5NO3/c1-9-6(8)7-5-3-2-4-10-5;7-5(8)6-4-2-1-3-9-4/h2-4H,1H3,(H,7,8);1-3,6H,(H,7,8). The Morgan fingerprint density at radius 3 is 2.00 bits per heavy atom. The lowest BCUT2D eigenvalue weighted by Gasteiger charge is -1.96. The van der Waals surface area contributed by atoms with Crippen molar-refractivity contribution >= 4 is 24.0 Å². The van der Waals surface area contributed by atoms with E-state index in [4.69, 9.17) is 9.52 Å². The van der Waals surface area contributed by atoms with Crippen LogP contribution in [0.3, 0.4) is 0 Å². The Morgan fingerprint density at radius 2 is 1.63 bits per heavy atom. The molecule has 2 amide bonds. The molecule has 0 saturated heterocycles. The molecule has 102 valence electrons. The predicted molar refractivity (Wildman–Crippen MR) is 65.1 cm³/mol. The average molecular weight is 268 g/mol. The van der Waals surface area contributed by atoms with Gasteiger partial charge in [0.25, 0.3) is 0 Å². The van der Waals surface area contributed by atoms with Gasteiger partial charge in [0.2, 0.25) is 11.8 Å². The molecule has 0 aliphatic carbocycles. The molecule has 0 spiro atoms. The maximum absolute atomic E-state index is 10.5. The second kappa shape index (κ2) is 7.43. The van der Waals surface area contributed by atoms with E-state index in [2.05, 4.69) is 14.5 Å². The van der Waals surface area contributed by atoms with Gasteiger partial charge in [-0.15, -0.1) is 0 Å². The molecular weight excluding hydrogens is 256 g/mol. The third-order valence-electron chi connectivity index (χ3n) is 1.68. The molecular formula is C11H12N2O6. The third-order valence-corrected chi connectivity index (χ3v) is 1.68. The molecule has 2 rings (SSSR count). The lowest BCUT2D eigenvalue weighted by molar-refractivity contribution is 0.186. The first-order valence-corrected chi connectivity index (χ1v) is 5.03. The van der Waals surface area contributed by atoms with Gasteiger partial charge < -0.3 is 18.7 Å². The van der Waals surface area contributed by atoms with E-state index < -0.39 is 12.2 Å². The van der Waals surface area contributed by atoms with Crippen LogP contribution in [0.2, 0.25) is 0 Å². The predicted octanol–water partition coefficient (Wildman–Crippen LogP) is 2.83. The first-order chi connectivity index (χ1) is 9.11. The van der Waals surface area contributed by atoms with E-state index in [0.717, 1.165) is 0 Å². The first-order valence-electron chi connectivity index (χ1n) is 5.03. The van der Waals surface area contributed by atoms with E-state index in [9.17, 15) is 9.59 Å². The van der Waals surface area contributed by atoms with Crippen LogP contribution in [0.1, 0.15) is 0 Å². The largest absolute Gasteiger partial charge is 0.465 e. The smallest absolute Gasteiger partial charge is 0.413 e. The van der Waals surface area contributed by atoms with Gasteiger partial charge in [0.05, 0.1) is 19.6 Å². The Balaban J connectivity index is 0.000000191. The number of rotatable bonds is 2. The molecule has 0 aliphatic rings. The number of carbonyl (C=O) groups excluding carboxylic acids is 1. The fourth-order valence-corrected chi connectivity index (χ4v) is 0.956. The van der Waals surface area contributed by atoms with E-state index in [1.807, 2.05) is 5.32 Å². The molecule has 0 bridgehead atoms. The van der Waals surface area contributed by atoms with Gasteiger partial charge >= 0.3 is 12.2 Å². The highest BCUT2D eigenvalue weighted by atomic mass is 16.5. The Labute approximate surface area is 108 Å². The van der Waals surface area contributed by atoms with E-state index in [-0.39, 0.29) is 5.88 Å². The van der Waals surface area contributed by atoms with Crippen molar-refractivity contribution in [1.29, 1.82) is 0 Å². The summed E-state index contributed by atoms with van der Waals surface area (Å²) < 4.78 is 13.8. The lowest BCUT2D eigenvalue weighted by atomic mass is 10.6. The Morgan fingerprint density at radius 1 is 1.11 bits per heavy atom. The van der Waals surface area contributed by atoms with Crippen molar-refractivity contribution in [3.63, 3.8) is 0 Å². The normalized spacial score (nSPS) is 8.89. The zero-order valence-electron chi connectivity index (χ0n) is 9.95. The van der Waals surface area contributed by atoms with Crippen molar-refractivity contribution < 1.29 is 28.3 Å². The highest BCUT2D eigenvalue weighted by molar-refractivity contribution is 5.82. The van der Waals surface area contributed by atoms with Crippen molar-refractivity contribution in [1.82, 2.24) is 0 Å². The van der Waals surface area contributed by atoms with E-state index in [0.29, 0.717) is 5.88 Å². The second-order valence-corrected chi connectivity index (χ2v) is 3.00. The van der Waals surface area contributed by atoms with E-state index >= 15 is 0 Å². The molecule has 2 heterocycles. The first kappa shape index (κ1) is 14.2. The molecule has 0 aliphatic heterocycles. The van der Waals surface area contributed by atoms with Gasteiger partial charge in [-0.05, 0) is 12.1 Å². The van der Waals surface area contributed by atoms with Crippen LogP contribution in [0.5, 0.6) is 0 Å². The summed E-state index contributed by atoms with van der Waals surface area (Å²) in [6.45, 7) is 0. The molecule has 19 heavy (non-hydrogen) atoms. The zero-order valence-corrected chi connectivity index (χ0v) is 9.95.